The van der Waals surface area contributed by atoms with Gasteiger partial charge in [0.1, 0.15) is 11.6 Å². The van der Waals surface area contributed by atoms with Crippen LogP contribution in [0.2, 0.25) is 5.02 Å². The molecule has 136 valence electrons. The van der Waals surface area contributed by atoms with E-state index in [1.54, 1.807) is 17.7 Å². The molecule has 4 rings (SSSR count). The number of fused-ring (bicyclic) bond motifs is 1. The molecule has 0 saturated heterocycles. The molecule has 0 saturated carbocycles. The van der Waals surface area contributed by atoms with Crippen LogP contribution in [0.1, 0.15) is 17.1 Å². The summed E-state index contributed by atoms with van der Waals surface area (Å²) in [5, 5.41) is 8.58. The van der Waals surface area contributed by atoms with E-state index in [2.05, 4.69) is 32.5 Å². The highest BCUT2D eigenvalue weighted by Gasteiger charge is 2.13. The summed E-state index contributed by atoms with van der Waals surface area (Å²) in [6.45, 7) is 1.92. The first-order valence-corrected chi connectivity index (χ1v) is 8.88. The second kappa shape index (κ2) is 7.25. The van der Waals surface area contributed by atoms with Gasteiger partial charge in [0.2, 0.25) is 0 Å². The number of aromatic nitrogens is 4. The number of anilines is 2. The second-order valence-electron chi connectivity index (χ2n) is 6.15. The fraction of sp³-hybridized carbons (Fsp3) is 0.150. The average Bonchev–Trinajstić information content (AvgIpc) is 3.05. The quantitative estimate of drug-likeness (QED) is 0.555. The summed E-state index contributed by atoms with van der Waals surface area (Å²) < 4.78 is 7.12. The summed E-state index contributed by atoms with van der Waals surface area (Å²) in [5.41, 5.74) is 2.73. The molecule has 2 aromatic heterocycles. The van der Waals surface area contributed by atoms with Gasteiger partial charge in [-0.05, 0) is 30.7 Å². The molecule has 7 heteroatoms. The van der Waals surface area contributed by atoms with Gasteiger partial charge < -0.3 is 10.1 Å². The molecule has 2 aromatic carbocycles. The molecule has 0 aliphatic rings. The molecule has 0 aliphatic carbocycles. The minimum absolute atomic E-state index is 0.546. The minimum atomic E-state index is 0.546. The van der Waals surface area contributed by atoms with E-state index in [1.807, 2.05) is 43.3 Å². The van der Waals surface area contributed by atoms with Crippen molar-refractivity contribution in [2.24, 2.45) is 0 Å². The molecule has 4 aromatic rings. The summed E-state index contributed by atoms with van der Waals surface area (Å²) in [4.78, 5) is 9.07. The lowest BCUT2D eigenvalue weighted by Gasteiger charge is -2.12. The highest BCUT2D eigenvalue weighted by atomic mass is 35.5. The van der Waals surface area contributed by atoms with Crippen molar-refractivity contribution in [3.8, 4) is 5.75 Å². The summed E-state index contributed by atoms with van der Waals surface area (Å²) >= 11 is 6.14. The van der Waals surface area contributed by atoms with Crippen molar-refractivity contribution in [2.45, 2.75) is 13.3 Å². The number of hydrogen-bond donors (Lipinski definition) is 1. The molecule has 0 bridgehead atoms. The Morgan fingerprint density at radius 1 is 1.07 bits per heavy atom. The molecule has 2 heterocycles. The SMILES string of the molecule is COc1ccc(Cl)cc1Nc1cc(C)nc2nc(Cc3ccccc3)nn12. The topological polar surface area (TPSA) is 64.3 Å². The van der Waals surface area contributed by atoms with Crippen molar-refractivity contribution in [1.29, 1.82) is 0 Å². The van der Waals surface area contributed by atoms with Crippen molar-refractivity contribution >= 4 is 28.9 Å². The number of nitrogens with zero attached hydrogens (tertiary/aromatic N) is 4. The standard InChI is InChI=1S/C20H18ClN5O/c1-13-10-19(23-16-12-15(21)8-9-17(16)27-2)26-20(22-13)24-18(25-26)11-14-6-4-3-5-7-14/h3-10,12,23H,11H2,1-2H3. The summed E-state index contributed by atoms with van der Waals surface area (Å²) in [7, 11) is 1.62. The Labute approximate surface area is 161 Å². The number of benzene rings is 2. The van der Waals surface area contributed by atoms with Crippen molar-refractivity contribution < 1.29 is 4.74 Å². The van der Waals surface area contributed by atoms with E-state index in [-0.39, 0.29) is 0 Å². The fourth-order valence-corrected chi connectivity index (χ4v) is 3.06. The lowest BCUT2D eigenvalue weighted by molar-refractivity contribution is 0.417. The van der Waals surface area contributed by atoms with Gasteiger partial charge in [-0.15, -0.1) is 5.10 Å². The number of halogens is 1. The van der Waals surface area contributed by atoms with E-state index < -0.39 is 0 Å². The van der Waals surface area contributed by atoms with Crippen LogP contribution in [0, 0.1) is 6.92 Å². The van der Waals surface area contributed by atoms with Crippen molar-refractivity contribution in [1.82, 2.24) is 19.6 Å². The monoisotopic (exact) mass is 379 g/mol. The molecule has 0 atom stereocenters. The third-order valence-corrected chi connectivity index (χ3v) is 4.35. The lowest BCUT2D eigenvalue weighted by atomic mass is 10.1. The first-order valence-electron chi connectivity index (χ1n) is 8.50. The summed E-state index contributed by atoms with van der Waals surface area (Å²) in [5.74, 6) is 2.68. The van der Waals surface area contributed by atoms with Crippen LogP contribution in [0.3, 0.4) is 0 Å². The normalized spacial score (nSPS) is 10.9. The third-order valence-electron chi connectivity index (χ3n) is 4.11. The first kappa shape index (κ1) is 17.3. The van der Waals surface area contributed by atoms with Crippen LogP contribution in [0.4, 0.5) is 11.5 Å². The second-order valence-corrected chi connectivity index (χ2v) is 6.59. The van der Waals surface area contributed by atoms with Crippen molar-refractivity contribution in [3.05, 3.63) is 76.7 Å². The first-order chi connectivity index (χ1) is 13.1. The molecule has 1 N–H and O–H groups in total. The van der Waals surface area contributed by atoms with Gasteiger partial charge in [0.05, 0.1) is 12.8 Å². The Morgan fingerprint density at radius 3 is 2.67 bits per heavy atom. The molecular formula is C20H18ClN5O. The highest BCUT2D eigenvalue weighted by Crippen LogP contribution is 2.30. The van der Waals surface area contributed by atoms with Crippen LogP contribution in [0.5, 0.6) is 5.75 Å². The maximum atomic E-state index is 6.14. The zero-order valence-corrected chi connectivity index (χ0v) is 15.7. The molecule has 0 fully saturated rings. The molecule has 0 amide bonds. The van der Waals surface area contributed by atoms with Gasteiger partial charge in [0.15, 0.2) is 5.82 Å². The van der Waals surface area contributed by atoms with Crippen LogP contribution in [0.15, 0.2) is 54.6 Å². The highest BCUT2D eigenvalue weighted by molar-refractivity contribution is 6.31. The number of aryl methyl sites for hydroxylation is 1. The Bertz CT molecular complexity index is 1090. The van der Waals surface area contributed by atoms with Gasteiger partial charge >= 0.3 is 0 Å². The van der Waals surface area contributed by atoms with Crippen LogP contribution < -0.4 is 10.1 Å². The zero-order valence-electron chi connectivity index (χ0n) is 15.0. The van der Waals surface area contributed by atoms with Gasteiger partial charge in [-0.3, -0.25) is 0 Å². The van der Waals surface area contributed by atoms with Crippen LogP contribution in [-0.2, 0) is 6.42 Å². The third kappa shape index (κ3) is 3.71. The molecule has 0 spiro atoms. The van der Waals surface area contributed by atoms with Gasteiger partial charge in [-0.25, -0.2) is 4.98 Å². The molecular weight excluding hydrogens is 362 g/mol. The number of methoxy groups -OCH3 is 1. The van der Waals surface area contributed by atoms with Gasteiger partial charge in [-0.1, -0.05) is 41.9 Å². The Kier molecular flexibility index (Phi) is 4.64. The Balaban J connectivity index is 1.73. The summed E-state index contributed by atoms with van der Waals surface area (Å²) in [6.07, 6.45) is 0.642. The smallest absolute Gasteiger partial charge is 0.254 e. The van der Waals surface area contributed by atoms with E-state index in [9.17, 15) is 0 Å². The predicted molar refractivity (Wildman–Crippen MR) is 106 cm³/mol. The number of hydrogen-bond acceptors (Lipinski definition) is 5. The van der Waals surface area contributed by atoms with Crippen LogP contribution in [-0.4, -0.2) is 26.7 Å². The number of rotatable bonds is 5. The molecule has 0 radical (unpaired) electrons. The van der Waals surface area contributed by atoms with Gasteiger partial charge in [-0.2, -0.15) is 9.50 Å². The minimum Gasteiger partial charge on any atom is -0.495 e. The fourth-order valence-electron chi connectivity index (χ4n) is 2.89. The maximum Gasteiger partial charge on any atom is 0.254 e. The van der Waals surface area contributed by atoms with Gasteiger partial charge in [0, 0.05) is 23.2 Å². The molecule has 6 nitrogen and oxygen atoms in total. The van der Waals surface area contributed by atoms with Crippen LogP contribution in [0.25, 0.3) is 5.78 Å². The van der Waals surface area contributed by atoms with E-state index in [1.165, 1.54) is 0 Å². The maximum absolute atomic E-state index is 6.14. The average molecular weight is 380 g/mol. The largest absolute Gasteiger partial charge is 0.495 e. The molecule has 0 unspecified atom stereocenters. The van der Waals surface area contributed by atoms with E-state index in [0.717, 1.165) is 22.8 Å². The van der Waals surface area contributed by atoms with Gasteiger partial charge in [0.25, 0.3) is 5.78 Å². The predicted octanol–water partition coefficient (Wildman–Crippen LogP) is 4.43. The number of nitrogens with one attached hydrogen (secondary N) is 1. The van der Waals surface area contributed by atoms with E-state index in [4.69, 9.17) is 16.3 Å². The van der Waals surface area contributed by atoms with Crippen molar-refractivity contribution in [2.75, 3.05) is 12.4 Å². The molecule has 27 heavy (non-hydrogen) atoms. The Hall–Kier alpha value is -3.12. The lowest BCUT2D eigenvalue weighted by Crippen LogP contribution is -2.04. The van der Waals surface area contributed by atoms with E-state index >= 15 is 0 Å². The Morgan fingerprint density at radius 2 is 1.89 bits per heavy atom. The molecule has 0 aliphatic heterocycles. The zero-order chi connectivity index (χ0) is 18.8. The summed E-state index contributed by atoms with van der Waals surface area (Å²) in [6, 6.07) is 17.4. The van der Waals surface area contributed by atoms with Crippen LogP contribution >= 0.6 is 11.6 Å². The number of ether oxygens (including phenoxy) is 1. The van der Waals surface area contributed by atoms with Crippen molar-refractivity contribution in [3.63, 3.8) is 0 Å². The van der Waals surface area contributed by atoms with E-state index in [0.29, 0.717) is 28.8 Å².